The fourth-order valence-electron chi connectivity index (χ4n) is 3.48. The summed E-state index contributed by atoms with van der Waals surface area (Å²) in [5.74, 6) is 0.124. The highest BCUT2D eigenvalue weighted by atomic mass is 16.5. The Morgan fingerprint density at radius 3 is 2.38 bits per heavy atom. The van der Waals surface area contributed by atoms with Crippen LogP contribution in [-0.4, -0.2) is 55.0 Å². The summed E-state index contributed by atoms with van der Waals surface area (Å²) < 4.78 is 10.4. The number of rotatable bonds is 3. The molecule has 4 rings (SSSR count). The van der Waals surface area contributed by atoms with E-state index in [4.69, 9.17) is 14.4 Å². The minimum absolute atomic E-state index is 0.0434. The first-order valence-corrected chi connectivity index (χ1v) is 9.96. The molecule has 1 fully saturated rings. The van der Waals surface area contributed by atoms with Crippen molar-refractivity contribution in [3.63, 3.8) is 0 Å². The van der Waals surface area contributed by atoms with Crippen LogP contribution in [0.2, 0.25) is 0 Å². The zero-order valence-electron chi connectivity index (χ0n) is 17.3. The van der Waals surface area contributed by atoms with E-state index in [1.807, 2.05) is 6.07 Å². The van der Waals surface area contributed by atoms with Crippen LogP contribution in [-0.2, 0) is 0 Å². The molecule has 2 aromatic carbocycles. The highest BCUT2D eigenvalue weighted by Crippen LogP contribution is 2.21. The van der Waals surface area contributed by atoms with Gasteiger partial charge in [0.05, 0.1) is 18.7 Å². The van der Waals surface area contributed by atoms with Crippen LogP contribution in [0.4, 0.5) is 10.5 Å². The van der Waals surface area contributed by atoms with Gasteiger partial charge in [-0.25, -0.2) is 9.59 Å². The van der Waals surface area contributed by atoms with Crippen LogP contribution in [0.5, 0.6) is 5.75 Å². The van der Waals surface area contributed by atoms with Gasteiger partial charge in [0, 0.05) is 43.3 Å². The average Bonchev–Trinajstić information content (AvgIpc) is 2.83. The Labute approximate surface area is 183 Å². The number of benzene rings is 2. The Bertz CT molecular complexity index is 1270. The molecule has 0 bridgehead atoms. The number of anilines is 1. The van der Waals surface area contributed by atoms with Gasteiger partial charge in [-0.05, 0) is 42.5 Å². The highest BCUT2D eigenvalue weighted by molar-refractivity contribution is 5.97. The summed E-state index contributed by atoms with van der Waals surface area (Å²) >= 11 is 0. The van der Waals surface area contributed by atoms with Crippen molar-refractivity contribution in [2.24, 2.45) is 0 Å². The molecule has 0 saturated carbocycles. The van der Waals surface area contributed by atoms with E-state index in [2.05, 4.69) is 5.32 Å². The molecule has 1 saturated heterocycles. The molecule has 0 spiro atoms. The van der Waals surface area contributed by atoms with Gasteiger partial charge in [-0.15, -0.1) is 0 Å². The maximum Gasteiger partial charge on any atom is 0.349 e. The lowest BCUT2D eigenvalue weighted by atomic mass is 10.1. The molecule has 0 unspecified atom stereocenters. The highest BCUT2D eigenvalue weighted by Gasteiger charge is 2.27. The second-order valence-corrected chi connectivity index (χ2v) is 7.25. The SMILES string of the molecule is COc1ccc2cc(C(=O)N3CCN(C(=O)Nc4ccc(C#N)cc4)CC3)c(=O)oc2c1. The molecule has 9 nitrogen and oxygen atoms in total. The number of carbonyl (C=O) groups is 2. The lowest BCUT2D eigenvalue weighted by molar-refractivity contribution is 0.0667. The number of nitriles is 1. The molecular weight excluding hydrogens is 412 g/mol. The van der Waals surface area contributed by atoms with Gasteiger partial charge in [-0.3, -0.25) is 4.79 Å². The zero-order chi connectivity index (χ0) is 22.7. The molecule has 0 atom stereocenters. The molecule has 162 valence electrons. The van der Waals surface area contributed by atoms with Gasteiger partial charge < -0.3 is 24.3 Å². The predicted molar refractivity (Wildman–Crippen MR) is 117 cm³/mol. The van der Waals surface area contributed by atoms with E-state index in [0.717, 1.165) is 0 Å². The zero-order valence-corrected chi connectivity index (χ0v) is 17.3. The average molecular weight is 432 g/mol. The summed E-state index contributed by atoms with van der Waals surface area (Å²) in [4.78, 5) is 40.9. The van der Waals surface area contributed by atoms with Crippen molar-refractivity contribution in [3.8, 4) is 11.8 Å². The second kappa shape index (κ2) is 8.81. The van der Waals surface area contributed by atoms with Crippen molar-refractivity contribution in [3.05, 3.63) is 70.1 Å². The maximum atomic E-state index is 12.9. The third kappa shape index (κ3) is 4.25. The number of piperazine rings is 1. The van der Waals surface area contributed by atoms with Crippen LogP contribution in [0.1, 0.15) is 15.9 Å². The number of fused-ring (bicyclic) bond motifs is 1. The lowest BCUT2D eigenvalue weighted by Crippen LogP contribution is -2.52. The Hall–Kier alpha value is -4.32. The molecule has 9 heteroatoms. The lowest BCUT2D eigenvalue weighted by Gasteiger charge is -2.34. The fraction of sp³-hybridized carbons (Fsp3) is 0.217. The molecule has 1 aliphatic rings. The van der Waals surface area contributed by atoms with Crippen LogP contribution >= 0.6 is 0 Å². The molecule has 32 heavy (non-hydrogen) atoms. The monoisotopic (exact) mass is 432 g/mol. The van der Waals surface area contributed by atoms with Gasteiger partial charge in [0.25, 0.3) is 5.91 Å². The number of ether oxygens (including phenoxy) is 1. The van der Waals surface area contributed by atoms with E-state index >= 15 is 0 Å². The van der Waals surface area contributed by atoms with Crippen LogP contribution in [0.25, 0.3) is 11.0 Å². The number of nitrogens with zero attached hydrogens (tertiary/aromatic N) is 3. The normalized spacial score (nSPS) is 13.5. The third-order valence-corrected chi connectivity index (χ3v) is 5.29. The van der Waals surface area contributed by atoms with Gasteiger partial charge in [0.15, 0.2) is 0 Å². The Morgan fingerprint density at radius 1 is 1.03 bits per heavy atom. The van der Waals surface area contributed by atoms with Crippen molar-refractivity contribution >= 4 is 28.6 Å². The Balaban J connectivity index is 1.41. The van der Waals surface area contributed by atoms with Gasteiger partial charge in [-0.2, -0.15) is 5.26 Å². The Morgan fingerprint density at radius 2 is 1.72 bits per heavy atom. The van der Waals surface area contributed by atoms with Crippen molar-refractivity contribution in [1.82, 2.24) is 9.80 Å². The fourth-order valence-corrected chi connectivity index (χ4v) is 3.48. The summed E-state index contributed by atoms with van der Waals surface area (Å²) in [6.45, 7) is 1.23. The first-order chi connectivity index (χ1) is 15.5. The predicted octanol–water partition coefficient (Wildman–Crippen LogP) is 2.66. The van der Waals surface area contributed by atoms with E-state index in [-0.39, 0.29) is 11.6 Å². The van der Waals surface area contributed by atoms with Crippen LogP contribution < -0.4 is 15.7 Å². The van der Waals surface area contributed by atoms with Crippen molar-refractivity contribution < 1.29 is 18.7 Å². The number of nitrogens with one attached hydrogen (secondary N) is 1. The number of methoxy groups -OCH3 is 1. The van der Waals surface area contributed by atoms with E-state index in [0.29, 0.717) is 54.1 Å². The topological polar surface area (TPSA) is 116 Å². The first kappa shape index (κ1) is 20.9. The van der Waals surface area contributed by atoms with E-state index in [1.165, 1.54) is 18.1 Å². The number of amides is 3. The second-order valence-electron chi connectivity index (χ2n) is 7.25. The minimum Gasteiger partial charge on any atom is -0.497 e. The number of carbonyl (C=O) groups excluding carboxylic acids is 2. The van der Waals surface area contributed by atoms with Gasteiger partial charge in [-0.1, -0.05) is 0 Å². The van der Waals surface area contributed by atoms with Crippen LogP contribution in [0.3, 0.4) is 0 Å². The third-order valence-electron chi connectivity index (χ3n) is 5.29. The number of hydrogen-bond acceptors (Lipinski definition) is 6. The van der Waals surface area contributed by atoms with Crippen molar-refractivity contribution in [2.75, 3.05) is 38.6 Å². The summed E-state index contributed by atoms with van der Waals surface area (Å²) in [6.07, 6.45) is 0. The molecule has 3 amide bonds. The summed E-state index contributed by atoms with van der Waals surface area (Å²) in [6, 6.07) is 14.9. The smallest absolute Gasteiger partial charge is 0.349 e. The van der Waals surface area contributed by atoms with E-state index in [1.54, 1.807) is 47.4 Å². The van der Waals surface area contributed by atoms with Gasteiger partial charge >= 0.3 is 11.7 Å². The molecule has 1 N–H and O–H groups in total. The quantitative estimate of drug-likeness (QED) is 0.636. The molecule has 1 aliphatic heterocycles. The summed E-state index contributed by atoms with van der Waals surface area (Å²) in [5.41, 5.74) is 0.676. The molecule has 1 aromatic heterocycles. The Kier molecular flexibility index (Phi) is 5.77. The summed E-state index contributed by atoms with van der Waals surface area (Å²) in [5, 5.41) is 12.2. The number of urea groups is 1. The standard InChI is InChI=1S/C23H20N4O5/c1-31-18-7-4-16-12-19(22(29)32-20(16)13-18)21(28)26-8-10-27(11-9-26)23(30)25-17-5-2-15(14-24)3-6-17/h2-7,12-13H,8-11H2,1H3,(H,25,30). The van der Waals surface area contributed by atoms with Crippen molar-refractivity contribution in [1.29, 1.82) is 5.26 Å². The van der Waals surface area contributed by atoms with E-state index < -0.39 is 11.5 Å². The largest absolute Gasteiger partial charge is 0.497 e. The number of hydrogen-bond donors (Lipinski definition) is 1. The summed E-state index contributed by atoms with van der Waals surface area (Å²) in [7, 11) is 1.52. The maximum absolute atomic E-state index is 12.9. The molecule has 0 radical (unpaired) electrons. The van der Waals surface area contributed by atoms with E-state index in [9.17, 15) is 14.4 Å². The first-order valence-electron chi connectivity index (χ1n) is 9.96. The molecule has 2 heterocycles. The van der Waals surface area contributed by atoms with Crippen molar-refractivity contribution in [2.45, 2.75) is 0 Å². The van der Waals surface area contributed by atoms with Gasteiger partial charge in [0.1, 0.15) is 16.9 Å². The van der Waals surface area contributed by atoms with Crippen LogP contribution in [0.15, 0.2) is 57.7 Å². The minimum atomic E-state index is -0.711. The molecular formula is C23H20N4O5. The molecule has 3 aromatic rings. The molecule has 0 aliphatic carbocycles. The van der Waals surface area contributed by atoms with Crippen LogP contribution in [0, 0.1) is 11.3 Å². The van der Waals surface area contributed by atoms with Gasteiger partial charge in [0.2, 0.25) is 0 Å².